The molecular formula is C28H50O5Si. The predicted octanol–water partition coefficient (Wildman–Crippen LogP) is 6.25. The molecule has 2 aliphatic heterocycles. The highest BCUT2D eigenvalue weighted by molar-refractivity contribution is 6.74. The topological polar surface area (TPSA) is 57.2 Å². The van der Waals surface area contributed by atoms with Gasteiger partial charge in [0.05, 0.1) is 19.3 Å². The van der Waals surface area contributed by atoms with Crippen LogP contribution in [-0.2, 0) is 18.6 Å². The lowest BCUT2D eigenvalue weighted by Gasteiger charge is -2.56. The van der Waals surface area contributed by atoms with Gasteiger partial charge in [0.15, 0.2) is 19.9 Å². The van der Waals surface area contributed by atoms with Crippen LogP contribution in [-0.4, -0.2) is 50.4 Å². The molecule has 5 nitrogen and oxygen atoms in total. The van der Waals surface area contributed by atoms with Gasteiger partial charge in [-0.25, -0.2) is 0 Å². The van der Waals surface area contributed by atoms with Crippen molar-refractivity contribution >= 4 is 8.32 Å². The van der Waals surface area contributed by atoms with Gasteiger partial charge in [-0.15, -0.1) is 0 Å². The Morgan fingerprint density at radius 3 is 2.21 bits per heavy atom. The summed E-state index contributed by atoms with van der Waals surface area (Å²) in [5, 5.41) is 11.8. The monoisotopic (exact) mass is 494 g/mol. The molecule has 2 saturated heterocycles. The smallest absolute Gasteiger partial charge is 0.192 e. The molecule has 5 aliphatic rings. The van der Waals surface area contributed by atoms with Gasteiger partial charge in [-0.05, 0) is 86.7 Å². The summed E-state index contributed by atoms with van der Waals surface area (Å²) in [4.78, 5) is 0. The number of hydrogen-bond donors (Lipinski definition) is 1. The fourth-order valence-corrected chi connectivity index (χ4v) is 9.92. The Morgan fingerprint density at radius 1 is 0.912 bits per heavy atom. The van der Waals surface area contributed by atoms with Crippen molar-refractivity contribution in [1.29, 1.82) is 0 Å². The van der Waals surface area contributed by atoms with Crippen LogP contribution in [0.2, 0.25) is 18.1 Å². The first-order valence-corrected chi connectivity index (χ1v) is 16.9. The lowest BCUT2D eigenvalue weighted by Crippen LogP contribution is -2.57. The van der Waals surface area contributed by atoms with Crippen LogP contribution in [0.3, 0.4) is 0 Å². The third-order valence-corrected chi connectivity index (χ3v) is 16.1. The van der Waals surface area contributed by atoms with Gasteiger partial charge in [0.25, 0.3) is 0 Å². The molecule has 0 aromatic heterocycles. The van der Waals surface area contributed by atoms with Crippen molar-refractivity contribution in [2.75, 3.05) is 13.2 Å². The Morgan fingerprint density at radius 2 is 1.56 bits per heavy atom. The molecule has 5 rings (SSSR count). The summed E-state index contributed by atoms with van der Waals surface area (Å²) in [6.45, 7) is 19.9. The number of aliphatic hydroxyl groups is 1. The van der Waals surface area contributed by atoms with E-state index < -0.39 is 19.9 Å². The molecule has 6 unspecified atom stereocenters. The summed E-state index contributed by atoms with van der Waals surface area (Å²) in [6.07, 6.45) is 8.67. The Kier molecular flexibility index (Phi) is 6.04. The molecule has 5 fully saturated rings. The van der Waals surface area contributed by atoms with E-state index in [1.54, 1.807) is 0 Å². The molecule has 0 aromatic carbocycles. The van der Waals surface area contributed by atoms with Gasteiger partial charge in [0, 0.05) is 24.4 Å². The summed E-state index contributed by atoms with van der Waals surface area (Å²) < 4.78 is 26.3. The summed E-state index contributed by atoms with van der Waals surface area (Å²) in [5.74, 6) is -0.295. The molecule has 196 valence electrons. The van der Waals surface area contributed by atoms with Gasteiger partial charge in [0.2, 0.25) is 0 Å². The van der Waals surface area contributed by atoms with Crippen LogP contribution >= 0.6 is 0 Å². The fraction of sp³-hybridized carbons (Fsp3) is 1.00. The fourth-order valence-electron chi connectivity index (χ4n) is 8.52. The molecule has 34 heavy (non-hydrogen) atoms. The van der Waals surface area contributed by atoms with Gasteiger partial charge in [-0.1, -0.05) is 34.6 Å². The van der Waals surface area contributed by atoms with Gasteiger partial charge < -0.3 is 23.7 Å². The van der Waals surface area contributed by atoms with Crippen molar-refractivity contribution in [3.8, 4) is 0 Å². The van der Waals surface area contributed by atoms with Gasteiger partial charge in [-0.3, -0.25) is 0 Å². The van der Waals surface area contributed by atoms with E-state index in [4.69, 9.17) is 18.6 Å². The van der Waals surface area contributed by atoms with Crippen molar-refractivity contribution in [3.05, 3.63) is 0 Å². The quantitative estimate of drug-likeness (QED) is 0.460. The minimum Gasteiger partial charge on any atom is -0.414 e. The minimum absolute atomic E-state index is 0.0421. The molecule has 0 aromatic rings. The second-order valence-electron chi connectivity index (χ2n) is 14.6. The largest absolute Gasteiger partial charge is 0.414 e. The normalized spacial score (nSPS) is 48.8. The Bertz CT molecular complexity index is 784. The predicted molar refractivity (Wildman–Crippen MR) is 136 cm³/mol. The zero-order valence-electron chi connectivity index (χ0n) is 23.0. The van der Waals surface area contributed by atoms with E-state index in [2.05, 4.69) is 47.7 Å². The number of rotatable bonds is 2. The van der Waals surface area contributed by atoms with Crippen LogP contribution in [0.5, 0.6) is 0 Å². The Labute approximate surface area is 208 Å². The van der Waals surface area contributed by atoms with E-state index in [9.17, 15) is 5.11 Å². The molecule has 6 heteroatoms. The number of hydrogen-bond acceptors (Lipinski definition) is 5. The van der Waals surface area contributed by atoms with Crippen molar-refractivity contribution in [1.82, 2.24) is 0 Å². The SMILES string of the molecule is CC1(O)CC2CC(O[Si](C)(C)C(C)(C)C)CC[C@]2(C)C2CC[C@@]3(C)C(CCC34OCCO4)C2O1. The lowest BCUT2D eigenvalue weighted by atomic mass is 9.51. The van der Waals surface area contributed by atoms with Gasteiger partial charge in [-0.2, -0.15) is 0 Å². The third kappa shape index (κ3) is 3.80. The zero-order chi connectivity index (χ0) is 24.8. The van der Waals surface area contributed by atoms with Gasteiger partial charge in [0.1, 0.15) is 0 Å². The van der Waals surface area contributed by atoms with Crippen molar-refractivity contribution < 1.29 is 23.7 Å². The second kappa shape index (κ2) is 8.01. The van der Waals surface area contributed by atoms with Crippen LogP contribution in [0.1, 0.15) is 92.9 Å². The van der Waals surface area contributed by atoms with E-state index in [-0.39, 0.29) is 22.0 Å². The van der Waals surface area contributed by atoms with Crippen molar-refractivity contribution in [2.24, 2.45) is 28.6 Å². The van der Waals surface area contributed by atoms with Crippen LogP contribution in [0.4, 0.5) is 0 Å². The maximum absolute atomic E-state index is 11.5. The molecule has 3 saturated carbocycles. The van der Waals surface area contributed by atoms with Crippen molar-refractivity contribution in [2.45, 2.75) is 135 Å². The number of fused-ring (bicyclic) bond motifs is 6. The zero-order valence-corrected chi connectivity index (χ0v) is 24.0. The van der Waals surface area contributed by atoms with E-state index in [1.165, 1.54) is 6.42 Å². The Balaban J connectivity index is 1.41. The lowest BCUT2D eigenvalue weighted by molar-refractivity contribution is -0.282. The van der Waals surface area contributed by atoms with Crippen LogP contribution < -0.4 is 0 Å². The molecule has 1 N–H and O–H groups in total. The van der Waals surface area contributed by atoms with Crippen molar-refractivity contribution in [3.63, 3.8) is 0 Å². The highest BCUT2D eigenvalue weighted by Crippen LogP contribution is 2.67. The second-order valence-corrected chi connectivity index (χ2v) is 19.4. The maximum atomic E-state index is 11.5. The van der Waals surface area contributed by atoms with E-state index in [1.807, 2.05) is 6.92 Å². The van der Waals surface area contributed by atoms with Crippen LogP contribution in [0.15, 0.2) is 0 Å². The molecule has 0 radical (unpaired) electrons. The average Bonchev–Trinajstić information content (AvgIpc) is 3.27. The molecule has 1 spiro atoms. The van der Waals surface area contributed by atoms with E-state index in [0.717, 1.165) is 38.5 Å². The van der Waals surface area contributed by atoms with Crippen LogP contribution in [0.25, 0.3) is 0 Å². The summed E-state index contributed by atoms with van der Waals surface area (Å²) in [6, 6.07) is 0. The molecule has 2 heterocycles. The highest BCUT2D eigenvalue weighted by Gasteiger charge is 2.68. The summed E-state index contributed by atoms with van der Waals surface area (Å²) >= 11 is 0. The Hall–Kier alpha value is 0.0169. The highest BCUT2D eigenvalue weighted by atomic mass is 28.4. The molecule has 0 amide bonds. The van der Waals surface area contributed by atoms with E-state index >= 15 is 0 Å². The first-order valence-electron chi connectivity index (χ1n) is 14.0. The third-order valence-electron chi connectivity index (χ3n) is 11.6. The standard InChI is InChI=1S/C28H50O5Si/c1-24(2,3)34(7,8)33-20-9-12-25(4)19(17-20)18-27(6,29)32-23-21(25)10-13-26(5)22(23)11-14-28(26)30-15-16-31-28/h19-23,29H,9-18H2,1-8H3/t19?,20?,21?,22?,23?,25-,26-,27?/m0/s1. The maximum Gasteiger partial charge on any atom is 0.192 e. The first kappa shape index (κ1) is 25.7. The summed E-state index contributed by atoms with van der Waals surface area (Å²) in [7, 11) is -1.82. The van der Waals surface area contributed by atoms with E-state index in [0.29, 0.717) is 43.5 Å². The van der Waals surface area contributed by atoms with Gasteiger partial charge >= 0.3 is 0 Å². The molecule has 0 bridgehead atoms. The number of ether oxygens (including phenoxy) is 3. The summed E-state index contributed by atoms with van der Waals surface area (Å²) in [5.41, 5.74) is 0.131. The molecular weight excluding hydrogens is 444 g/mol. The first-order chi connectivity index (χ1) is 15.6. The minimum atomic E-state index is -1.82. The molecule has 3 aliphatic carbocycles. The molecule has 8 atom stereocenters. The average molecular weight is 495 g/mol. The van der Waals surface area contributed by atoms with Crippen LogP contribution in [0, 0.1) is 28.6 Å².